The van der Waals surface area contributed by atoms with Crippen molar-refractivity contribution < 1.29 is 29.3 Å². The number of hydrogen-bond donors (Lipinski definition) is 2. The van der Waals surface area contributed by atoms with Gasteiger partial charge in [0, 0.05) is 16.5 Å². The first kappa shape index (κ1) is 37.9. The number of para-hydroxylation sites is 2. The van der Waals surface area contributed by atoms with Crippen molar-refractivity contribution in [2.75, 3.05) is 0 Å². The maximum absolute atomic E-state index is 11.9. The predicted molar refractivity (Wildman–Crippen MR) is 237 cm³/mol. The standard InChI is InChI=1S/C56H60O6/c57-51(58)40-9-13-44(14-10-40)61-48-7-3-1-5-46(48)56(47-6-2-4-8-49(47)62-45-15-11-41(12-16-45)52(59)60)43-24-38-21-39(25-43)32-55(56,31-38)54-29-36-20-37(30-54)23-42(22-36)50(54)53-26-33-17-34(27-53)19-35(18-33)28-53/h1-16,33-39,42-43,50H,17-32H2,(H,57,58)(H,59,60). The lowest BCUT2D eigenvalue weighted by Gasteiger charge is -2.81. The van der Waals surface area contributed by atoms with Crippen LogP contribution in [0.25, 0.3) is 0 Å². The summed E-state index contributed by atoms with van der Waals surface area (Å²) in [5.41, 5.74) is 3.29. The van der Waals surface area contributed by atoms with Crippen LogP contribution >= 0.6 is 0 Å². The van der Waals surface area contributed by atoms with Crippen molar-refractivity contribution in [1.82, 2.24) is 0 Å². The number of benzene rings is 4. The first-order valence-electron chi connectivity index (χ1n) is 24.3. The maximum atomic E-state index is 11.9. The number of carboxylic acid groups (broad SMARTS) is 2. The minimum Gasteiger partial charge on any atom is -0.478 e. The Hall–Kier alpha value is -4.58. The lowest BCUT2D eigenvalue weighted by atomic mass is 9.23. The molecule has 12 aliphatic rings. The van der Waals surface area contributed by atoms with Gasteiger partial charge in [-0.1, -0.05) is 36.4 Å². The molecule has 12 fully saturated rings. The van der Waals surface area contributed by atoms with E-state index in [4.69, 9.17) is 9.47 Å². The van der Waals surface area contributed by atoms with Crippen molar-refractivity contribution in [3.05, 3.63) is 119 Å². The molecule has 0 heterocycles. The largest absolute Gasteiger partial charge is 0.478 e. The average molecular weight is 829 g/mol. The van der Waals surface area contributed by atoms with E-state index in [-0.39, 0.29) is 22.0 Å². The molecule has 62 heavy (non-hydrogen) atoms. The van der Waals surface area contributed by atoms with Crippen LogP contribution in [0.2, 0.25) is 0 Å². The molecule has 5 atom stereocenters. The minimum absolute atomic E-state index is 0.0159. The monoisotopic (exact) mass is 828 g/mol. The van der Waals surface area contributed by atoms with Crippen LogP contribution in [0.15, 0.2) is 97.1 Å². The van der Waals surface area contributed by atoms with Gasteiger partial charge in [-0.05, 0) is 239 Å². The summed E-state index contributed by atoms with van der Waals surface area (Å²) in [7, 11) is 0. The molecule has 320 valence electrons. The first-order valence-corrected chi connectivity index (χ1v) is 24.3. The lowest BCUT2D eigenvalue weighted by Crippen LogP contribution is -2.75. The number of carbonyl (C=O) groups is 2. The van der Waals surface area contributed by atoms with E-state index in [9.17, 15) is 19.8 Å². The SMILES string of the molecule is O=C(O)c1ccc(Oc2ccccc2C2(c3ccccc3Oc3ccc(C(=O)O)cc3)C3CC4CC(C3)CC2(C23CC5CC(CC(C5)C2C25CC6CC(CC(C6)C2)C5)C3)C4)cc1. The topological polar surface area (TPSA) is 93.1 Å². The van der Waals surface area contributed by atoms with E-state index in [1.54, 1.807) is 24.3 Å². The molecule has 16 rings (SSSR count). The summed E-state index contributed by atoms with van der Waals surface area (Å²) in [4.78, 5) is 23.9. The van der Waals surface area contributed by atoms with Crippen LogP contribution < -0.4 is 9.47 Å². The molecule has 12 bridgehead atoms. The highest BCUT2D eigenvalue weighted by Gasteiger charge is 2.79. The molecular weight excluding hydrogens is 769 g/mol. The Labute approximate surface area is 365 Å². The van der Waals surface area contributed by atoms with Gasteiger partial charge in [-0.15, -0.1) is 0 Å². The third-order valence-corrected chi connectivity index (χ3v) is 19.8. The van der Waals surface area contributed by atoms with E-state index < -0.39 is 17.4 Å². The third-order valence-electron chi connectivity index (χ3n) is 19.8. The molecule has 0 spiro atoms. The zero-order valence-electron chi connectivity index (χ0n) is 35.9. The average Bonchev–Trinajstić information content (AvgIpc) is 3.24. The summed E-state index contributed by atoms with van der Waals surface area (Å²) >= 11 is 0. The van der Waals surface area contributed by atoms with E-state index in [0.717, 1.165) is 64.8 Å². The van der Waals surface area contributed by atoms with Crippen LogP contribution in [-0.2, 0) is 5.41 Å². The molecule has 0 saturated heterocycles. The Morgan fingerprint density at radius 3 is 1.31 bits per heavy atom. The fourth-order valence-electron chi connectivity index (χ4n) is 19.7. The second-order valence-corrected chi connectivity index (χ2v) is 22.8. The number of hydrogen-bond acceptors (Lipinski definition) is 4. The fourth-order valence-corrected chi connectivity index (χ4v) is 19.7. The van der Waals surface area contributed by atoms with Gasteiger partial charge < -0.3 is 19.7 Å². The Morgan fingerprint density at radius 1 is 0.468 bits per heavy atom. The molecule has 12 saturated carbocycles. The second kappa shape index (κ2) is 13.5. The molecule has 0 aliphatic heterocycles. The summed E-state index contributed by atoms with van der Waals surface area (Å²) in [5, 5.41) is 19.6. The Morgan fingerprint density at radius 2 is 0.871 bits per heavy atom. The molecule has 0 aromatic heterocycles. The smallest absolute Gasteiger partial charge is 0.335 e. The van der Waals surface area contributed by atoms with Gasteiger partial charge in [0.15, 0.2) is 0 Å². The van der Waals surface area contributed by atoms with E-state index in [1.165, 1.54) is 114 Å². The van der Waals surface area contributed by atoms with Gasteiger partial charge in [0.25, 0.3) is 0 Å². The quantitative estimate of drug-likeness (QED) is 0.165. The van der Waals surface area contributed by atoms with E-state index >= 15 is 0 Å². The van der Waals surface area contributed by atoms with Crippen molar-refractivity contribution in [1.29, 1.82) is 0 Å². The Bertz CT molecular complexity index is 2280. The summed E-state index contributed by atoms with van der Waals surface area (Å²) < 4.78 is 14.3. The highest BCUT2D eigenvalue weighted by atomic mass is 16.5. The van der Waals surface area contributed by atoms with Crippen molar-refractivity contribution in [2.45, 2.75) is 108 Å². The highest BCUT2D eigenvalue weighted by Crippen LogP contribution is 2.86. The number of ether oxygens (including phenoxy) is 2. The molecule has 6 nitrogen and oxygen atoms in total. The van der Waals surface area contributed by atoms with Crippen molar-refractivity contribution in [2.24, 2.45) is 75.4 Å². The van der Waals surface area contributed by atoms with E-state index in [2.05, 4.69) is 48.5 Å². The van der Waals surface area contributed by atoms with Gasteiger partial charge in [-0.3, -0.25) is 0 Å². The summed E-state index contributed by atoms with van der Waals surface area (Å²) in [6.07, 6.45) is 22.2. The third kappa shape index (κ3) is 5.27. The molecule has 2 N–H and O–H groups in total. The van der Waals surface area contributed by atoms with Crippen molar-refractivity contribution >= 4 is 11.9 Å². The predicted octanol–water partition coefficient (Wildman–Crippen LogP) is 13.4. The van der Waals surface area contributed by atoms with E-state index in [0.29, 0.717) is 22.8 Å². The van der Waals surface area contributed by atoms with Crippen LogP contribution in [0, 0.1) is 75.4 Å². The Balaban J connectivity index is 1.07. The molecule has 12 aliphatic carbocycles. The van der Waals surface area contributed by atoms with Gasteiger partial charge in [-0.25, -0.2) is 9.59 Å². The molecule has 4 aromatic carbocycles. The molecule has 5 unspecified atom stereocenters. The van der Waals surface area contributed by atoms with Gasteiger partial charge >= 0.3 is 11.9 Å². The van der Waals surface area contributed by atoms with Gasteiger partial charge in [-0.2, -0.15) is 0 Å². The Kier molecular flexibility index (Phi) is 8.24. The number of rotatable bonds is 10. The molecular formula is C56H60O6. The van der Waals surface area contributed by atoms with Crippen LogP contribution in [-0.4, -0.2) is 22.2 Å². The normalized spacial score (nSPS) is 39.8. The summed E-state index contributed by atoms with van der Waals surface area (Å²) in [5.74, 6) is 8.95. The van der Waals surface area contributed by atoms with Crippen molar-refractivity contribution in [3.8, 4) is 23.0 Å². The molecule has 0 radical (unpaired) electrons. The van der Waals surface area contributed by atoms with Crippen LogP contribution in [0.4, 0.5) is 0 Å². The zero-order chi connectivity index (χ0) is 41.6. The zero-order valence-corrected chi connectivity index (χ0v) is 35.9. The van der Waals surface area contributed by atoms with Gasteiger partial charge in [0.05, 0.1) is 11.1 Å². The van der Waals surface area contributed by atoms with Crippen molar-refractivity contribution in [3.63, 3.8) is 0 Å². The number of aromatic carboxylic acids is 2. The first-order chi connectivity index (χ1) is 30.1. The van der Waals surface area contributed by atoms with E-state index in [1.807, 2.05) is 24.3 Å². The van der Waals surface area contributed by atoms with Crippen LogP contribution in [0.3, 0.4) is 0 Å². The number of carboxylic acids is 2. The summed E-state index contributed by atoms with van der Waals surface area (Å²) in [6.45, 7) is 0. The van der Waals surface area contributed by atoms with Crippen LogP contribution in [0.5, 0.6) is 23.0 Å². The van der Waals surface area contributed by atoms with Crippen LogP contribution in [0.1, 0.15) is 135 Å². The fraction of sp³-hybridized carbons (Fsp3) is 0.536. The summed E-state index contributed by atoms with van der Waals surface area (Å²) in [6, 6.07) is 31.9. The highest BCUT2D eigenvalue weighted by molar-refractivity contribution is 5.88. The lowest BCUT2D eigenvalue weighted by molar-refractivity contribution is -0.296. The van der Waals surface area contributed by atoms with Gasteiger partial charge in [0.2, 0.25) is 0 Å². The second-order valence-electron chi connectivity index (χ2n) is 22.8. The molecule has 0 amide bonds. The molecule has 4 aromatic rings. The minimum atomic E-state index is -0.940. The molecule has 6 heteroatoms. The maximum Gasteiger partial charge on any atom is 0.335 e. The van der Waals surface area contributed by atoms with Gasteiger partial charge in [0.1, 0.15) is 23.0 Å².